The quantitative estimate of drug-likeness (QED) is 0.464. The summed E-state index contributed by atoms with van der Waals surface area (Å²) in [6.45, 7) is 5.87. The fourth-order valence-electron chi connectivity index (χ4n) is 6.63. The molecule has 4 atom stereocenters. The summed E-state index contributed by atoms with van der Waals surface area (Å²) >= 11 is 0. The zero-order valence-electron chi connectivity index (χ0n) is 22.8. The molecular weight excluding hydrogens is 504 g/mol. The van der Waals surface area contributed by atoms with Gasteiger partial charge in [0, 0.05) is 23.0 Å². The number of benzene rings is 3. The predicted molar refractivity (Wildman–Crippen MR) is 153 cm³/mol. The summed E-state index contributed by atoms with van der Waals surface area (Å²) < 4.78 is 0. The van der Waals surface area contributed by atoms with Crippen LogP contribution in [0.25, 0.3) is 0 Å². The van der Waals surface area contributed by atoms with E-state index in [0.717, 1.165) is 5.56 Å². The first-order valence-electron chi connectivity index (χ1n) is 13.7. The lowest BCUT2D eigenvalue weighted by atomic mass is 9.76. The van der Waals surface area contributed by atoms with Crippen LogP contribution in [0.3, 0.4) is 0 Å². The molecule has 3 heterocycles. The van der Waals surface area contributed by atoms with Gasteiger partial charge in [0.05, 0.1) is 17.5 Å². The standard InChI is InChI=1S/C32H32N4O4/c1-19(2)17-24-27-28(30(39)36(29(27)38)22-9-5-4-6-10-22)32(34-24)23-11-7-8-12-25(23)35(31(32)40)18-26(37)33-21-15-13-20(3)14-16-21/h4-16,19,24,27-28,34H,17-18H2,1-3H3,(H,33,37)/t24-,27+,28+,32+/m1/s1. The molecular formula is C32H32N4O4. The topological polar surface area (TPSA) is 98.8 Å². The van der Waals surface area contributed by atoms with Crippen molar-refractivity contribution in [1.29, 1.82) is 0 Å². The van der Waals surface area contributed by atoms with Crippen molar-refractivity contribution in [2.45, 2.75) is 38.8 Å². The fourth-order valence-corrected chi connectivity index (χ4v) is 6.63. The normalized spacial score (nSPS) is 25.2. The molecule has 0 saturated carbocycles. The molecule has 2 N–H and O–H groups in total. The van der Waals surface area contributed by atoms with Gasteiger partial charge in [-0.15, -0.1) is 0 Å². The summed E-state index contributed by atoms with van der Waals surface area (Å²) in [6.07, 6.45) is 0.619. The minimum Gasteiger partial charge on any atom is -0.325 e. The Kier molecular flexibility index (Phi) is 6.30. The van der Waals surface area contributed by atoms with Crippen LogP contribution in [-0.4, -0.2) is 36.2 Å². The number of carbonyl (C=O) groups excluding carboxylic acids is 4. The zero-order chi connectivity index (χ0) is 28.2. The summed E-state index contributed by atoms with van der Waals surface area (Å²) in [7, 11) is 0. The summed E-state index contributed by atoms with van der Waals surface area (Å²) in [5.74, 6) is -2.82. The van der Waals surface area contributed by atoms with Crippen molar-refractivity contribution in [3.63, 3.8) is 0 Å². The van der Waals surface area contributed by atoms with Gasteiger partial charge in [-0.2, -0.15) is 0 Å². The van der Waals surface area contributed by atoms with Gasteiger partial charge in [-0.3, -0.25) is 24.5 Å². The van der Waals surface area contributed by atoms with Crippen LogP contribution in [0.15, 0.2) is 78.9 Å². The minimum atomic E-state index is -1.44. The number of imide groups is 1. The lowest BCUT2D eigenvalue weighted by molar-refractivity contribution is -0.132. The Labute approximate surface area is 233 Å². The van der Waals surface area contributed by atoms with Crippen LogP contribution in [0.4, 0.5) is 17.1 Å². The first kappa shape index (κ1) is 26.0. The van der Waals surface area contributed by atoms with Gasteiger partial charge in [0.1, 0.15) is 12.1 Å². The Morgan fingerprint density at radius 1 is 0.925 bits per heavy atom. The van der Waals surface area contributed by atoms with Gasteiger partial charge in [-0.05, 0) is 49.6 Å². The fraction of sp³-hybridized carbons (Fsp3) is 0.312. The van der Waals surface area contributed by atoms with Crippen LogP contribution in [0, 0.1) is 24.7 Å². The number of hydrogen-bond donors (Lipinski definition) is 2. The number of hydrogen-bond acceptors (Lipinski definition) is 5. The van der Waals surface area contributed by atoms with E-state index in [4.69, 9.17) is 0 Å². The molecule has 8 nitrogen and oxygen atoms in total. The summed E-state index contributed by atoms with van der Waals surface area (Å²) in [6, 6.07) is 23.2. The predicted octanol–water partition coefficient (Wildman–Crippen LogP) is 4.00. The summed E-state index contributed by atoms with van der Waals surface area (Å²) in [4.78, 5) is 58.4. The summed E-state index contributed by atoms with van der Waals surface area (Å²) in [5.41, 5.74) is 1.96. The first-order chi connectivity index (χ1) is 19.2. The van der Waals surface area contributed by atoms with Crippen LogP contribution in [0.5, 0.6) is 0 Å². The number of nitrogens with zero attached hydrogens (tertiary/aromatic N) is 2. The second-order valence-corrected chi connectivity index (χ2v) is 11.4. The van der Waals surface area contributed by atoms with Crippen molar-refractivity contribution in [3.05, 3.63) is 90.0 Å². The van der Waals surface area contributed by atoms with Crippen LogP contribution >= 0.6 is 0 Å². The van der Waals surface area contributed by atoms with E-state index >= 15 is 0 Å². The number of para-hydroxylation sites is 2. The molecule has 4 amide bonds. The highest BCUT2D eigenvalue weighted by Crippen LogP contribution is 2.55. The monoisotopic (exact) mass is 536 g/mol. The molecule has 3 aliphatic rings. The van der Waals surface area contributed by atoms with E-state index in [1.165, 1.54) is 9.80 Å². The highest BCUT2D eigenvalue weighted by molar-refractivity contribution is 6.26. The van der Waals surface area contributed by atoms with Gasteiger partial charge in [0.25, 0.3) is 5.91 Å². The van der Waals surface area contributed by atoms with Crippen LogP contribution in [0.1, 0.15) is 31.4 Å². The molecule has 2 fully saturated rings. The highest BCUT2D eigenvalue weighted by Gasteiger charge is 2.71. The SMILES string of the molecule is Cc1ccc(NC(=O)CN2C(=O)[C@]3(N[C@H](CC(C)C)[C@@H]4C(=O)N(c5ccccc5)C(=O)[C@H]43)c3ccccc32)cc1. The zero-order valence-corrected chi connectivity index (χ0v) is 22.8. The molecule has 3 aromatic rings. The Morgan fingerprint density at radius 3 is 2.30 bits per heavy atom. The molecule has 2 saturated heterocycles. The molecule has 0 aromatic heterocycles. The largest absolute Gasteiger partial charge is 0.325 e. The Hall–Kier alpha value is -4.30. The number of rotatable bonds is 6. The molecule has 0 unspecified atom stereocenters. The van der Waals surface area contributed by atoms with Crippen LogP contribution < -0.4 is 20.4 Å². The molecule has 0 radical (unpaired) electrons. The van der Waals surface area contributed by atoms with E-state index in [1.54, 1.807) is 30.3 Å². The number of fused-ring (bicyclic) bond motifs is 4. The van der Waals surface area contributed by atoms with E-state index in [0.29, 0.717) is 29.0 Å². The van der Waals surface area contributed by atoms with Gasteiger partial charge in [0.2, 0.25) is 17.7 Å². The second-order valence-electron chi connectivity index (χ2n) is 11.4. The molecule has 0 aliphatic carbocycles. The van der Waals surface area contributed by atoms with Gasteiger partial charge >= 0.3 is 0 Å². The molecule has 0 bridgehead atoms. The van der Waals surface area contributed by atoms with Crippen molar-refractivity contribution in [2.24, 2.45) is 17.8 Å². The van der Waals surface area contributed by atoms with Gasteiger partial charge in [0.15, 0.2) is 0 Å². The van der Waals surface area contributed by atoms with Gasteiger partial charge in [-0.25, -0.2) is 4.90 Å². The molecule has 1 spiro atoms. The first-order valence-corrected chi connectivity index (χ1v) is 13.7. The van der Waals surface area contributed by atoms with E-state index < -0.39 is 23.3 Å². The van der Waals surface area contributed by atoms with E-state index in [2.05, 4.69) is 24.5 Å². The number of anilines is 3. The number of carbonyl (C=O) groups is 4. The van der Waals surface area contributed by atoms with Crippen LogP contribution in [-0.2, 0) is 24.7 Å². The lowest BCUT2D eigenvalue weighted by Crippen LogP contribution is -2.56. The Morgan fingerprint density at radius 2 is 1.60 bits per heavy atom. The second kappa shape index (κ2) is 9.71. The third-order valence-corrected chi connectivity index (χ3v) is 8.24. The Balaban J connectivity index is 1.40. The lowest BCUT2D eigenvalue weighted by Gasteiger charge is -2.31. The molecule has 6 rings (SSSR count). The van der Waals surface area contributed by atoms with E-state index in [-0.39, 0.29) is 36.2 Å². The highest BCUT2D eigenvalue weighted by atomic mass is 16.2. The third-order valence-electron chi connectivity index (χ3n) is 8.24. The molecule has 3 aromatic carbocycles. The average Bonchev–Trinajstić information content (AvgIpc) is 3.49. The maximum absolute atomic E-state index is 14.5. The maximum atomic E-state index is 14.5. The Bertz CT molecular complexity index is 1500. The summed E-state index contributed by atoms with van der Waals surface area (Å²) in [5, 5.41) is 6.38. The van der Waals surface area contributed by atoms with E-state index in [1.807, 2.05) is 55.5 Å². The van der Waals surface area contributed by atoms with Crippen molar-refractivity contribution in [3.8, 4) is 0 Å². The van der Waals surface area contributed by atoms with Gasteiger partial charge in [-0.1, -0.05) is 67.9 Å². The number of nitrogens with one attached hydrogen (secondary N) is 2. The molecule has 40 heavy (non-hydrogen) atoms. The number of aryl methyl sites for hydroxylation is 1. The van der Waals surface area contributed by atoms with Crippen molar-refractivity contribution < 1.29 is 19.2 Å². The molecule has 3 aliphatic heterocycles. The van der Waals surface area contributed by atoms with Crippen molar-refractivity contribution >= 4 is 40.7 Å². The number of amides is 4. The van der Waals surface area contributed by atoms with Crippen LogP contribution in [0.2, 0.25) is 0 Å². The van der Waals surface area contributed by atoms with Gasteiger partial charge < -0.3 is 10.2 Å². The van der Waals surface area contributed by atoms with E-state index in [9.17, 15) is 19.2 Å². The maximum Gasteiger partial charge on any atom is 0.253 e. The van der Waals surface area contributed by atoms with Crippen molar-refractivity contribution in [2.75, 3.05) is 21.7 Å². The average molecular weight is 537 g/mol. The van der Waals surface area contributed by atoms with Crippen molar-refractivity contribution in [1.82, 2.24) is 5.32 Å². The smallest absolute Gasteiger partial charge is 0.253 e. The molecule has 8 heteroatoms. The molecule has 204 valence electrons. The minimum absolute atomic E-state index is 0.218. The third kappa shape index (κ3) is 3.93.